The van der Waals surface area contributed by atoms with Crippen LogP contribution in [0.15, 0.2) is 68.4 Å². The van der Waals surface area contributed by atoms with Gasteiger partial charge in [0, 0.05) is 23.3 Å². The number of furan rings is 1. The smallest absolute Gasteiger partial charge is 0.312 e. The minimum Gasteiger partial charge on any atom is -0.508 e. The van der Waals surface area contributed by atoms with Crippen LogP contribution in [0.4, 0.5) is 0 Å². The third kappa shape index (κ3) is 2.75. The molecule has 0 fully saturated rings. The Hall–Kier alpha value is -4.00. The Balaban J connectivity index is 1.83. The maximum absolute atomic E-state index is 12.8. The van der Waals surface area contributed by atoms with Crippen molar-refractivity contribution in [2.45, 2.75) is 12.3 Å². The van der Waals surface area contributed by atoms with Crippen LogP contribution in [0, 0.1) is 0 Å². The predicted molar refractivity (Wildman–Crippen MR) is 102 cm³/mol. The molecule has 2 aromatic heterocycles. The van der Waals surface area contributed by atoms with E-state index in [0.29, 0.717) is 16.9 Å². The lowest BCUT2D eigenvalue weighted by molar-refractivity contribution is -0.135. The highest BCUT2D eigenvalue weighted by atomic mass is 16.5. The van der Waals surface area contributed by atoms with Gasteiger partial charge in [-0.2, -0.15) is 0 Å². The van der Waals surface area contributed by atoms with Crippen molar-refractivity contribution in [3.8, 4) is 28.6 Å². The molecule has 1 aliphatic heterocycles. The highest BCUT2D eigenvalue weighted by Gasteiger charge is 2.35. The Morgan fingerprint density at radius 2 is 1.79 bits per heavy atom. The Morgan fingerprint density at radius 1 is 1.00 bits per heavy atom. The highest BCUT2D eigenvalue weighted by Crippen LogP contribution is 2.46. The molecule has 2 aromatic carbocycles. The molecular formula is C22H14O7. The quantitative estimate of drug-likeness (QED) is 0.394. The minimum atomic E-state index is -0.525. The lowest BCUT2D eigenvalue weighted by Crippen LogP contribution is -2.21. The standard InChI is InChI=1S/C22H14O7/c23-12-5-3-11(4-6-12)17-9-14(24)21-15(25)10-18-20(22(21)29-17)13(8-19(26)28-18)16-2-1-7-27-16/h1-7,9-10,13,23,25H,8H2. The average Bonchev–Trinajstić information content (AvgIpc) is 3.22. The van der Waals surface area contributed by atoms with E-state index in [2.05, 4.69) is 0 Å². The first kappa shape index (κ1) is 17.1. The molecule has 3 heterocycles. The first-order valence-corrected chi connectivity index (χ1v) is 8.88. The second-order valence-corrected chi connectivity index (χ2v) is 6.78. The molecule has 4 aromatic rings. The van der Waals surface area contributed by atoms with Gasteiger partial charge in [-0.15, -0.1) is 0 Å². The van der Waals surface area contributed by atoms with Crippen molar-refractivity contribution < 1.29 is 28.6 Å². The van der Waals surface area contributed by atoms with Crippen molar-refractivity contribution >= 4 is 16.9 Å². The van der Waals surface area contributed by atoms with Crippen LogP contribution >= 0.6 is 0 Å². The summed E-state index contributed by atoms with van der Waals surface area (Å²) in [6, 6.07) is 12.1. The van der Waals surface area contributed by atoms with Gasteiger partial charge in [0.1, 0.15) is 39.7 Å². The van der Waals surface area contributed by atoms with Gasteiger partial charge in [0.2, 0.25) is 0 Å². The average molecular weight is 390 g/mol. The first-order valence-electron chi connectivity index (χ1n) is 8.88. The summed E-state index contributed by atoms with van der Waals surface area (Å²) in [5.74, 6) is -0.358. The summed E-state index contributed by atoms with van der Waals surface area (Å²) in [5.41, 5.74) is 0.723. The van der Waals surface area contributed by atoms with Crippen LogP contribution in [-0.4, -0.2) is 16.2 Å². The largest absolute Gasteiger partial charge is 0.508 e. The molecule has 0 spiro atoms. The number of carbonyl (C=O) groups excluding carboxylic acids is 1. The number of aromatic hydroxyl groups is 2. The molecule has 0 amide bonds. The van der Waals surface area contributed by atoms with Crippen molar-refractivity contribution in [2.75, 3.05) is 0 Å². The second kappa shape index (κ2) is 6.27. The molecule has 144 valence electrons. The Labute approximate surface area is 163 Å². The molecule has 0 saturated heterocycles. The van der Waals surface area contributed by atoms with Gasteiger partial charge in [-0.3, -0.25) is 9.59 Å². The molecule has 1 atom stereocenters. The Morgan fingerprint density at radius 3 is 2.52 bits per heavy atom. The molecule has 5 rings (SSSR count). The molecule has 2 N–H and O–H groups in total. The fourth-order valence-electron chi connectivity index (χ4n) is 3.66. The predicted octanol–water partition coefficient (Wildman–Crippen LogP) is 3.91. The third-order valence-electron chi connectivity index (χ3n) is 4.96. The number of rotatable bonds is 2. The van der Waals surface area contributed by atoms with E-state index < -0.39 is 17.3 Å². The van der Waals surface area contributed by atoms with Crippen molar-refractivity contribution in [2.24, 2.45) is 0 Å². The van der Waals surface area contributed by atoms with Crippen LogP contribution in [0.2, 0.25) is 0 Å². The van der Waals surface area contributed by atoms with Crippen LogP contribution in [0.1, 0.15) is 23.7 Å². The van der Waals surface area contributed by atoms with Gasteiger partial charge < -0.3 is 23.8 Å². The summed E-state index contributed by atoms with van der Waals surface area (Å²) >= 11 is 0. The maximum Gasteiger partial charge on any atom is 0.312 e. The number of carbonyl (C=O) groups is 1. The maximum atomic E-state index is 12.8. The summed E-state index contributed by atoms with van der Waals surface area (Å²) in [5, 5.41) is 19.9. The minimum absolute atomic E-state index is 0.000725. The number of fused-ring (bicyclic) bond motifs is 3. The Bertz CT molecular complexity index is 1300. The van der Waals surface area contributed by atoms with Crippen molar-refractivity contribution in [3.05, 3.63) is 76.3 Å². The molecule has 0 bridgehead atoms. The van der Waals surface area contributed by atoms with Gasteiger partial charge in [-0.1, -0.05) is 0 Å². The fraction of sp³-hybridized carbons (Fsp3) is 0.0909. The third-order valence-corrected chi connectivity index (χ3v) is 4.96. The normalized spacial score (nSPS) is 15.9. The zero-order valence-electron chi connectivity index (χ0n) is 14.9. The van der Waals surface area contributed by atoms with Crippen molar-refractivity contribution in [1.29, 1.82) is 0 Å². The monoisotopic (exact) mass is 390 g/mol. The zero-order chi connectivity index (χ0) is 20.1. The molecule has 0 radical (unpaired) electrons. The number of ether oxygens (including phenoxy) is 1. The van der Waals surface area contributed by atoms with Crippen LogP contribution < -0.4 is 10.2 Å². The number of hydrogen-bond acceptors (Lipinski definition) is 7. The van der Waals surface area contributed by atoms with E-state index in [-0.39, 0.29) is 40.4 Å². The number of phenols is 2. The van der Waals surface area contributed by atoms with E-state index in [9.17, 15) is 19.8 Å². The molecule has 7 nitrogen and oxygen atoms in total. The Kier molecular flexibility index (Phi) is 3.70. The molecule has 1 aliphatic rings. The van der Waals surface area contributed by atoms with E-state index in [1.54, 1.807) is 24.3 Å². The molecule has 29 heavy (non-hydrogen) atoms. The number of esters is 1. The van der Waals surface area contributed by atoms with E-state index in [4.69, 9.17) is 13.6 Å². The SMILES string of the molecule is O=C1CC(c2ccco2)c2c(cc(O)c3c(=O)cc(-c4ccc(O)cc4)oc23)O1. The van der Waals surface area contributed by atoms with E-state index >= 15 is 0 Å². The molecule has 0 aliphatic carbocycles. The number of phenolic OH excluding ortho intramolecular Hbond substituents is 2. The first-order chi connectivity index (χ1) is 14.0. The van der Waals surface area contributed by atoms with Crippen molar-refractivity contribution in [1.82, 2.24) is 0 Å². The van der Waals surface area contributed by atoms with E-state index in [0.717, 1.165) is 0 Å². The van der Waals surface area contributed by atoms with E-state index in [1.165, 1.54) is 30.5 Å². The van der Waals surface area contributed by atoms with E-state index in [1.807, 2.05) is 0 Å². The topological polar surface area (TPSA) is 110 Å². The lowest BCUT2D eigenvalue weighted by Gasteiger charge is -2.24. The molecule has 1 unspecified atom stereocenters. The van der Waals surface area contributed by atoms with Crippen LogP contribution in [0.25, 0.3) is 22.3 Å². The van der Waals surface area contributed by atoms with Gasteiger partial charge >= 0.3 is 5.97 Å². The number of hydrogen-bond donors (Lipinski definition) is 2. The van der Waals surface area contributed by atoms with Gasteiger partial charge in [0.15, 0.2) is 5.43 Å². The second-order valence-electron chi connectivity index (χ2n) is 6.78. The van der Waals surface area contributed by atoms with Gasteiger partial charge in [-0.05, 0) is 36.4 Å². The summed E-state index contributed by atoms with van der Waals surface area (Å²) in [6.07, 6.45) is 1.50. The molecular weight excluding hydrogens is 376 g/mol. The zero-order valence-corrected chi connectivity index (χ0v) is 14.9. The molecule has 0 saturated carbocycles. The molecule has 7 heteroatoms. The summed E-state index contributed by atoms with van der Waals surface area (Å²) in [6.45, 7) is 0. The van der Waals surface area contributed by atoms with Gasteiger partial charge in [0.25, 0.3) is 0 Å². The summed E-state index contributed by atoms with van der Waals surface area (Å²) in [4.78, 5) is 24.9. The van der Waals surface area contributed by atoms with Gasteiger partial charge in [0.05, 0.1) is 18.6 Å². The van der Waals surface area contributed by atoms with Crippen LogP contribution in [-0.2, 0) is 4.79 Å². The number of benzene rings is 2. The fourth-order valence-corrected chi connectivity index (χ4v) is 3.66. The summed E-state index contributed by atoms with van der Waals surface area (Å²) in [7, 11) is 0. The van der Waals surface area contributed by atoms with Crippen molar-refractivity contribution in [3.63, 3.8) is 0 Å². The highest BCUT2D eigenvalue weighted by molar-refractivity contribution is 5.93. The van der Waals surface area contributed by atoms with Crippen LogP contribution in [0.3, 0.4) is 0 Å². The lowest BCUT2D eigenvalue weighted by atomic mass is 9.88. The van der Waals surface area contributed by atoms with Gasteiger partial charge in [-0.25, -0.2) is 0 Å². The summed E-state index contributed by atoms with van der Waals surface area (Å²) < 4.78 is 16.8. The van der Waals surface area contributed by atoms with Crippen LogP contribution in [0.5, 0.6) is 17.2 Å².